The number of aromatic carboxylic acids is 1. The standard InChI is InChI=1S/C15H10N4O2/c20-15(21)11-4-3-8-1-2-9-5-10-6-16-7-17-14(10)19-13(9)12(8)18-11/h3-7H,1-2H2,(H,20,21)/p-1. The molecule has 0 saturated carbocycles. The van der Waals surface area contributed by atoms with Crippen LogP contribution in [0.4, 0.5) is 0 Å². The topological polar surface area (TPSA) is 91.7 Å². The first kappa shape index (κ1) is 11.9. The summed E-state index contributed by atoms with van der Waals surface area (Å²) < 4.78 is 0. The summed E-state index contributed by atoms with van der Waals surface area (Å²) in [6.07, 6.45) is 4.81. The fourth-order valence-corrected chi connectivity index (χ4v) is 2.64. The average molecular weight is 277 g/mol. The first-order valence-corrected chi connectivity index (χ1v) is 6.53. The first-order valence-electron chi connectivity index (χ1n) is 6.53. The Morgan fingerprint density at radius 2 is 1.90 bits per heavy atom. The van der Waals surface area contributed by atoms with Gasteiger partial charge in [0.05, 0.1) is 23.1 Å². The van der Waals surface area contributed by atoms with Crippen LogP contribution in [0, 0.1) is 0 Å². The largest absolute Gasteiger partial charge is 0.543 e. The summed E-state index contributed by atoms with van der Waals surface area (Å²) in [5.41, 5.74) is 3.84. The molecule has 1 aliphatic carbocycles. The molecule has 6 nitrogen and oxygen atoms in total. The molecule has 21 heavy (non-hydrogen) atoms. The van der Waals surface area contributed by atoms with Gasteiger partial charge < -0.3 is 9.90 Å². The van der Waals surface area contributed by atoms with E-state index in [0.717, 1.165) is 29.4 Å². The Hall–Kier alpha value is -2.89. The number of hydrogen-bond donors (Lipinski definition) is 0. The second-order valence-electron chi connectivity index (χ2n) is 4.92. The summed E-state index contributed by atoms with van der Waals surface area (Å²) in [4.78, 5) is 27.9. The highest BCUT2D eigenvalue weighted by atomic mass is 16.4. The van der Waals surface area contributed by atoms with Gasteiger partial charge in [-0.2, -0.15) is 0 Å². The zero-order chi connectivity index (χ0) is 14.4. The summed E-state index contributed by atoms with van der Waals surface area (Å²) in [5.74, 6) is -1.28. The van der Waals surface area contributed by atoms with Crippen molar-refractivity contribution < 1.29 is 9.90 Å². The number of fused-ring (bicyclic) bond motifs is 4. The molecule has 0 atom stereocenters. The number of hydrogen-bond acceptors (Lipinski definition) is 6. The number of carboxylic acids is 1. The summed E-state index contributed by atoms with van der Waals surface area (Å²) in [5, 5.41) is 11.9. The number of nitrogens with zero attached hydrogens (tertiary/aromatic N) is 4. The molecule has 1 aliphatic rings. The Labute approximate surface area is 119 Å². The van der Waals surface area contributed by atoms with Crippen LogP contribution in [-0.2, 0) is 12.8 Å². The molecule has 6 heteroatoms. The van der Waals surface area contributed by atoms with Crippen molar-refractivity contribution in [2.75, 3.05) is 0 Å². The van der Waals surface area contributed by atoms with Gasteiger partial charge in [-0.05, 0) is 36.1 Å². The Balaban J connectivity index is 2.00. The van der Waals surface area contributed by atoms with Crippen molar-refractivity contribution in [1.82, 2.24) is 19.9 Å². The van der Waals surface area contributed by atoms with Gasteiger partial charge in [0.25, 0.3) is 0 Å². The van der Waals surface area contributed by atoms with Gasteiger partial charge in [-0.3, -0.25) is 0 Å². The van der Waals surface area contributed by atoms with Gasteiger partial charge in [0.15, 0.2) is 5.65 Å². The van der Waals surface area contributed by atoms with Crippen molar-refractivity contribution in [2.24, 2.45) is 0 Å². The predicted molar refractivity (Wildman–Crippen MR) is 72.3 cm³/mol. The number of carbonyl (C=O) groups excluding carboxylic acids is 1. The van der Waals surface area contributed by atoms with Crippen molar-refractivity contribution in [3.8, 4) is 11.4 Å². The van der Waals surface area contributed by atoms with Gasteiger partial charge >= 0.3 is 0 Å². The number of carbonyl (C=O) groups is 1. The van der Waals surface area contributed by atoms with Crippen molar-refractivity contribution in [2.45, 2.75) is 12.8 Å². The molecule has 0 unspecified atom stereocenters. The number of aryl methyl sites for hydroxylation is 2. The Morgan fingerprint density at radius 1 is 1.10 bits per heavy atom. The molecule has 0 N–H and O–H groups in total. The molecule has 3 aromatic heterocycles. The van der Waals surface area contributed by atoms with Crippen LogP contribution in [0.1, 0.15) is 21.6 Å². The summed E-state index contributed by atoms with van der Waals surface area (Å²) in [7, 11) is 0. The third kappa shape index (κ3) is 1.84. The lowest BCUT2D eigenvalue weighted by Crippen LogP contribution is -2.24. The highest BCUT2D eigenvalue weighted by Gasteiger charge is 2.20. The summed E-state index contributed by atoms with van der Waals surface area (Å²) in [6.45, 7) is 0. The molecule has 0 spiro atoms. The zero-order valence-corrected chi connectivity index (χ0v) is 10.9. The lowest BCUT2D eigenvalue weighted by Gasteiger charge is -2.19. The van der Waals surface area contributed by atoms with E-state index in [1.54, 1.807) is 12.3 Å². The molecule has 0 aliphatic heterocycles. The molecule has 0 aromatic carbocycles. The second kappa shape index (κ2) is 4.31. The first-order chi connectivity index (χ1) is 10.2. The maximum absolute atomic E-state index is 11.0. The van der Waals surface area contributed by atoms with Crippen LogP contribution in [0.3, 0.4) is 0 Å². The van der Waals surface area contributed by atoms with E-state index in [1.807, 2.05) is 6.07 Å². The molecular formula is C15H9N4O2-. The monoisotopic (exact) mass is 277 g/mol. The lowest BCUT2D eigenvalue weighted by atomic mass is 9.92. The van der Waals surface area contributed by atoms with Gasteiger partial charge in [0.2, 0.25) is 0 Å². The van der Waals surface area contributed by atoms with Crippen molar-refractivity contribution in [3.63, 3.8) is 0 Å². The van der Waals surface area contributed by atoms with Crippen LogP contribution < -0.4 is 5.11 Å². The predicted octanol–water partition coefficient (Wildman–Crippen LogP) is 0.549. The molecule has 0 amide bonds. The number of rotatable bonds is 1. The van der Waals surface area contributed by atoms with E-state index in [9.17, 15) is 9.90 Å². The Morgan fingerprint density at radius 3 is 2.76 bits per heavy atom. The van der Waals surface area contributed by atoms with E-state index >= 15 is 0 Å². The minimum absolute atomic E-state index is 0.0776. The SMILES string of the molecule is O=C([O-])c1ccc2c(n1)-c1nc3ncncc3cc1CC2. The van der Waals surface area contributed by atoms with E-state index in [1.165, 1.54) is 12.4 Å². The summed E-state index contributed by atoms with van der Waals surface area (Å²) >= 11 is 0. The molecule has 0 bridgehead atoms. The van der Waals surface area contributed by atoms with Crippen LogP contribution in [0.15, 0.2) is 30.7 Å². The van der Waals surface area contributed by atoms with Crippen LogP contribution in [-0.4, -0.2) is 25.9 Å². The quantitative estimate of drug-likeness (QED) is 0.645. The number of pyridine rings is 2. The highest BCUT2D eigenvalue weighted by molar-refractivity contribution is 5.86. The molecule has 0 fully saturated rings. The molecule has 0 saturated heterocycles. The normalized spacial score (nSPS) is 12.8. The number of carboxylic acid groups (broad SMARTS) is 1. The van der Waals surface area contributed by atoms with Crippen molar-refractivity contribution in [3.05, 3.63) is 47.5 Å². The Bertz CT molecular complexity index is 892. The zero-order valence-electron chi connectivity index (χ0n) is 10.9. The average Bonchev–Trinajstić information content (AvgIpc) is 2.52. The van der Waals surface area contributed by atoms with Gasteiger partial charge in [0.1, 0.15) is 6.33 Å². The summed E-state index contributed by atoms with van der Waals surface area (Å²) in [6, 6.07) is 5.25. The van der Waals surface area contributed by atoms with Gasteiger partial charge in [-0.1, -0.05) is 6.07 Å². The fourth-order valence-electron chi connectivity index (χ4n) is 2.64. The van der Waals surface area contributed by atoms with Crippen molar-refractivity contribution >= 4 is 17.0 Å². The van der Waals surface area contributed by atoms with E-state index < -0.39 is 5.97 Å². The Kier molecular flexibility index (Phi) is 2.44. The molecule has 102 valence electrons. The third-order valence-corrected chi connectivity index (χ3v) is 3.65. The molecular weight excluding hydrogens is 268 g/mol. The fraction of sp³-hybridized carbons (Fsp3) is 0.133. The molecule has 0 radical (unpaired) electrons. The highest BCUT2D eigenvalue weighted by Crippen LogP contribution is 2.32. The molecule has 3 heterocycles. The van der Waals surface area contributed by atoms with Crippen molar-refractivity contribution in [1.29, 1.82) is 0 Å². The van der Waals surface area contributed by atoms with E-state index in [-0.39, 0.29) is 5.69 Å². The van der Waals surface area contributed by atoms with Gasteiger partial charge in [0, 0.05) is 11.6 Å². The second-order valence-corrected chi connectivity index (χ2v) is 4.92. The van der Waals surface area contributed by atoms with E-state index in [2.05, 4.69) is 19.9 Å². The smallest absolute Gasteiger partial charge is 0.163 e. The maximum Gasteiger partial charge on any atom is 0.163 e. The molecule has 3 aromatic rings. The van der Waals surface area contributed by atoms with Crippen LogP contribution >= 0.6 is 0 Å². The van der Waals surface area contributed by atoms with Gasteiger partial charge in [-0.25, -0.2) is 19.9 Å². The minimum atomic E-state index is -1.28. The number of aromatic nitrogens is 4. The van der Waals surface area contributed by atoms with E-state index in [0.29, 0.717) is 17.0 Å². The van der Waals surface area contributed by atoms with Crippen LogP contribution in [0.5, 0.6) is 0 Å². The molecule has 4 rings (SSSR count). The third-order valence-electron chi connectivity index (χ3n) is 3.65. The van der Waals surface area contributed by atoms with Crippen LogP contribution in [0.25, 0.3) is 22.4 Å². The van der Waals surface area contributed by atoms with Gasteiger partial charge in [-0.15, -0.1) is 0 Å². The van der Waals surface area contributed by atoms with Crippen LogP contribution in [0.2, 0.25) is 0 Å². The minimum Gasteiger partial charge on any atom is -0.543 e. The maximum atomic E-state index is 11.0. The lowest BCUT2D eigenvalue weighted by molar-refractivity contribution is -0.255. The van der Waals surface area contributed by atoms with E-state index in [4.69, 9.17) is 0 Å².